The van der Waals surface area contributed by atoms with Crippen LogP contribution >= 0.6 is 0 Å². The third kappa shape index (κ3) is 4.19. The summed E-state index contributed by atoms with van der Waals surface area (Å²) >= 11 is 0. The predicted octanol–water partition coefficient (Wildman–Crippen LogP) is 5.51. The Morgan fingerprint density at radius 1 is 0.844 bits per heavy atom. The summed E-state index contributed by atoms with van der Waals surface area (Å²) in [5, 5.41) is 16.4. The molecule has 1 fully saturated rings. The third-order valence-corrected chi connectivity index (χ3v) is 5.92. The Balaban J connectivity index is 1.35. The van der Waals surface area contributed by atoms with Gasteiger partial charge in [0, 0.05) is 36.0 Å². The summed E-state index contributed by atoms with van der Waals surface area (Å²) in [6.45, 7) is 6.27. The molecule has 162 valence electrons. The zero-order chi connectivity index (χ0) is 21.9. The molecular weight excluding hydrogens is 398 g/mol. The van der Waals surface area contributed by atoms with Crippen LogP contribution in [0.4, 0.5) is 28.8 Å². The molecule has 4 aromatic rings. The van der Waals surface area contributed by atoms with Gasteiger partial charge in [-0.3, -0.25) is 0 Å². The molecule has 2 N–H and O–H groups in total. The third-order valence-electron chi connectivity index (χ3n) is 5.92. The van der Waals surface area contributed by atoms with Crippen LogP contribution in [0.3, 0.4) is 0 Å². The summed E-state index contributed by atoms with van der Waals surface area (Å²) in [6.07, 6.45) is 5.63. The standard InChI is InChI=1S/C25H27N7/c1-17-7-6-8-21-23(17)31-30-18(2)24(21)28-22-13-14-26-25(29-22)27-19-9-11-20(12-10-19)32-15-4-3-5-16-32/h6-14H,3-5,15-16H2,1-2H3,(H2,26,27,28,29,31). The van der Waals surface area contributed by atoms with Gasteiger partial charge >= 0.3 is 0 Å². The fourth-order valence-corrected chi connectivity index (χ4v) is 4.17. The van der Waals surface area contributed by atoms with E-state index in [9.17, 15) is 0 Å². The molecule has 32 heavy (non-hydrogen) atoms. The number of hydrogen-bond donors (Lipinski definition) is 2. The molecule has 7 heteroatoms. The molecule has 1 aliphatic heterocycles. The van der Waals surface area contributed by atoms with Gasteiger partial charge in [0.1, 0.15) is 5.82 Å². The van der Waals surface area contributed by atoms with Crippen LogP contribution in [0, 0.1) is 13.8 Å². The maximum atomic E-state index is 4.65. The molecule has 1 aliphatic rings. The van der Waals surface area contributed by atoms with E-state index in [4.69, 9.17) is 0 Å². The van der Waals surface area contributed by atoms with E-state index in [1.807, 2.05) is 32.0 Å². The second kappa shape index (κ2) is 8.78. The summed E-state index contributed by atoms with van der Waals surface area (Å²) in [5.41, 5.74) is 5.96. The van der Waals surface area contributed by atoms with Crippen LogP contribution in [0.15, 0.2) is 54.7 Å². The SMILES string of the molecule is Cc1nnc2c(C)cccc2c1Nc1ccnc(Nc2ccc(N3CCCCC3)cc2)n1. The average molecular weight is 426 g/mol. The van der Waals surface area contributed by atoms with Crippen molar-refractivity contribution in [2.45, 2.75) is 33.1 Å². The quantitative estimate of drug-likeness (QED) is 0.436. The van der Waals surface area contributed by atoms with Crippen LogP contribution in [-0.2, 0) is 0 Å². The van der Waals surface area contributed by atoms with E-state index in [2.05, 4.69) is 66.0 Å². The first-order chi connectivity index (χ1) is 15.7. The number of hydrogen-bond acceptors (Lipinski definition) is 7. The van der Waals surface area contributed by atoms with E-state index >= 15 is 0 Å². The highest BCUT2D eigenvalue weighted by Crippen LogP contribution is 2.29. The number of aromatic nitrogens is 4. The van der Waals surface area contributed by atoms with Crippen LogP contribution in [0.25, 0.3) is 10.9 Å². The van der Waals surface area contributed by atoms with Crippen LogP contribution < -0.4 is 15.5 Å². The first-order valence-electron chi connectivity index (χ1n) is 11.1. The summed E-state index contributed by atoms with van der Waals surface area (Å²) in [4.78, 5) is 11.5. The molecule has 0 unspecified atom stereocenters. The van der Waals surface area contributed by atoms with Crippen molar-refractivity contribution in [2.75, 3.05) is 28.6 Å². The molecule has 3 heterocycles. The minimum atomic E-state index is 0.542. The highest BCUT2D eigenvalue weighted by atomic mass is 15.2. The van der Waals surface area contributed by atoms with Crippen LogP contribution in [0.1, 0.15) is 30.5 Å². The van der Waals surface area contributed by atoms with E-state index in [1.54, 1.807) is 6.20 Å². The Labute approximate surface area is 187 Å². The van der Waals surface area contributed by atoms with E-state index in [0.717, 1.165) is 46.6 Å². The van der Waals surface area contributed by atoms with Crippen molar-refractivity contribution < 1.29 is 0 Å². The summed E-state index contributed by atoms with van der Waals surface area (Å²) in [7, 11) is 0. The van der Waals surface area contributed by atoms with Crippen LogP contribution in [-0.4, -0.2) is 33.3 Å². The predicted molar refractivity (Wildman–Crippen MR) is 130 cm³/mol. The van der Waals surface area contributed by atoms with Gasteiger partial charge in [-0.25, -0.2) is 4.98 Å². The smallest absolute Gasteiger partial charge is 0.229 e. The topological polar surface area (TPSA) is 78.9 Å². The lowest BCUT2D eigenvalue weighted by molar-refractivity contribution is 0.578. The number of fused-ring (bicyclic) bond motifs is 1. The molecule has 0 radical (unpaired) electrons. The molecule has 0 amide bonds. The zero-order valence-corrected chi connectivity index (χ0v) is 18.5. The van der Waals surface area contributed by atoms with E-state index in [1.165, 1.54) is 24.9 Å². The molecule has 1 saturated heterocycles. The van der Waals surface area contributed by atoms with Crippen molar-refractivity contribution in [1.82, 2.24) is 20.2 Å². The van der Waals surface area contributed by atoms with Gasteiger partial charge in [-0.1, -0.05) is 18.2 Å². The van der Waals surface area contributed by atoms with E-state index in [-0.39, 0.29) is 0 Å². The molecule has 0 atom stereocenters. The lowest BCUT2D eigenvalue weighted by atomic mass is 10.1. The van der Waals surface area contributed by atoms with Crippen molar-refractivity contribution in [3.63, 3.8) is 0 Å². The number of benzene rings is 2. The summed E-state index contributed by atoms with van der Waals surface area (Å²) in [5.74, 6) is 1.24. The van der Waals surface area contributed by atoms with Crippen molar-refractivity contribution >= 4 is 39.7 Å². The van der Waals surface area contributed by atoms with Gasteiger partial charge in [-0.05, 0) is 69.0 Å². The second-order valence-corrected chi connectivity index (χ2v) is 8.24. The Hall–Kier alpha value is -3.74. The van der Waals surface area contributed by atoms with E-state index < -0.39 is 0 Å². The number of rotatable bonds is 5. The monoisotopic (exact) mass is 425 g/mol. The number of nitrogens with zero attached hydrogens (tertiary/aromatic N) is 5. The summed E-state index contributed by atoms with van der Waals surface area (Å²) in [6, 6.07) is 16.5. The van der Waals surface area contributed by atoms with Crippen LogP contribution in [0.5, 0.6) is 0 Å². The largest absolute Gasteiger partial charge is 0.372 e. The van der Waals surface area contributed by atoms with Gasteiger partial charge < -0.3 is 15.5 Å². The molecular formula is C25H27N7. The molecule has 2 aromatic carbocycles. The molecule has 0 saturated carbocycles. The fourth-order valence-electron chi connectivity index (χ4n) is 4.17. The number of anilines is 5. The highest BCUT2D eigenvalue weighted by Gasteiger charge is 2.12. The lowest BCUT2D eigenvalue weighted by Gasteiger charge is -2.28. The average Bonchev–Trinajstić information content (AvgIpc) is 2.82. The van der Waals surface area contributed by atoms with Gasteiger partial charge in [0.25, 0.3) is 0 Å². The Bertz CT molecular complexity index is 1230. The number of nitrogens with one attached hydrogen (secondary N) is 2. The van der Waals surface area contributed by atoms with Gasteiger partial charge in [0.2, 0.25) is 5.95 Å². The maximum absolute atomic E-state index is 4.65. The molecule has 0 aliphatic carbocycles. The molecule has 2 aromatic heterocycles. The maximum Gasteiger partial charge on any atom is 0.229 e. The second-order valence-electron chi connectivity index (χ2n) is 8.24. The molecule has 7 nitrogen and oxygen atoms in total. The highest BCUT2D eigenvalue weighted by molar-refractivity contribution is 5.95. The Morgan fingerprint density at radius 3 is 2.47 bits per heavy atom. The zero-order valence-electron chi connectivity index (χ0n) is 18.5. The summed E-state index contributed by atoms with van der Waals surface area (Å²) < 4.78 is 0. The first kappa shape index (κ1) is 20.2. The van der Waals surface area contributed by atoms with Gasteiger partial charge in [-0.15, -0.1) is 5.10 Å². The van der Waals surface area contributed by atoms with Crippen molar-refractivity contribution in [3.8, 4) is 0 Å². The lowest BCUT2D eigenvalue weighted by Crippen LogP contribution is -2.29. The minimum absolute atomic E-state index is 0.542. The fraction of sp³-hybridized carbons (Fsp3) is 0.280. The minimum Gasteiger partial charge on any atom is -0.372 e. The normalized spacial score (nSPS) is 13.9. The first-order valence-corrected chi connectivity index (χ1v) is 11.1. The molecule has 0 bridgehead atoms. The van der Waals surface area contributed by atoms with Crippen molar-refractivity contribution in [3.05, 3.63) is 66.0 Å². The Kier molecular flexibility index (Phi) is 5.54. The molecule has 0 spiro atoms. The molecule has 5 rings (SSSR count). The van der Waals surface area contributed by atoms with Crippen molar-refractivity contribution in [1.29, 1.82) is 0 Å². The van der Waals surface area contributed by atoms with Gasteiger partial charge in [0.15, 0.2) is 0 Å². The Morgan fingerprint density at radius 2 is 1.66 bits per heavy atom. The van der Waals surface area contributed by atoms with Crippen LogP contribution in [0.2, 0.25) is 0 Å². The van der Waals surface area contributed by atoms with Gasteiger partial charge in [-0.2, -0.15) is 10.1 Å². The number of piperidine rings is 1. The van der Waals surface area contributed by atoms with E-state index in [0.29, 0.717) is 11.8 Å². The number of aryl methyl sites for hydroxylation is 2. The van der Waals surface area contributed by atoms with Crippen molar-refractivity contribution in [2.24, 2.45) is 0 Å². The van der Waals surface area contributed by atoms with Gasteiger partial charge in [0.05, 0.1) is 16.9 Å².